The smallest absolute Gasteiger partial charge is 0.338 e. The molecule has 124 valence electrons. The predicted molar refractivity (Wildman–Crippen MR) is 103 cm³/mol. The number of unbranched alkanes of at least 4 members (excludes halogenated alkanes) is 1. The fourth-order valence-electron chi connectivity index (χ4n) is 2.89. The van der Waals surface area contributed by atoms with E-state index < -0.39 is 0 Å². The van der Waals surface area contributed by atoms with E-state index in [1.807, 2.05) is 30.3 Å². The number of methoxy groups -OCH3 is 1. The Labute approximate surface area is 149 Å². The minimum atomic E-state index is -0.350. The molecule has 3 nitrogen and oxygen atoms in total. The number of nitrogens with zero attached hydrogens (tertiary/aromatic N) is 1. The molecule has 1 heterocycles. The largest absolute Gasteiger partial charge is 0.465 e. The highest BCUT2D eigenvalue weighted by Crippen LogP contribution is 2.26. The minimum absolute atomic E-state index is 0.350. The van der Waals surface area contributed by atoms with Crippen molar-refractivity contribution in [1.29, 1.82) is 0 Å². The van der Waals surface area contributed by atoms with Gasteiger partial charge in [-0.05, 0) is 36.6 Å². The van der Waals surface area contributed by atoms with Crippen molar-refractivity contribution in [1.82, 2.24) is 4.98 Å². The summed E-state index contributed by atoms with van der Waals surface area (Å²) >= 11 is 0. The Morgan fingerprint density at radius 3 is 2.56 bits per heavy atom. The van der Waals surface area contributed by atoms with Crippen molar-refractivity contribution in [2.75, 3.05) is 7.11 Å². The van der Waals surface area contributed by atoms with E-state index in [9.17, 15) is 4.79 Å². The molecule has 3 aromatic rings. The summed E-state index contributed by atoms with van der Waals surface area (Å²) < 4.78 is 4.99. The van der Waals surface area contributed by atoms with Gasteiger partial charge in [-0.1, -0.05) is 49.1 Å². The molecule has 1 aromatic heterocycles. The number of hydrogen-bond acceptors (Lipinski definition) is 3. The lowest BCUT2D eigenvalue weighted by atomic mass is 9.94. The van der Waals surface area contributed by atoms with E-state index in [1.54, 1.807) is 6.07 Å². The van der Waals surface area contributed by atoms with Crippen LogP contribution in [-0.4, -0.2) is 25.9 Å². The molecule has 2 radical (unpaired) electrons. The fourth-order valence-corrected chi connectivity index (χ4v) is 2.89. The first kappa shape index (κ1) is 17.2. The highest BCUT2D eigenvalue weighted by molar-refractivity contribution is 6.32. The average Bonchev–Trinajstić information content (AvgIpc) is 2.65. The van der Waals surface area contributed by atoms with Crippen molar-refractivity contribution in [3.63, 3.8) is 0 Å². The number of fused-ring (bicyclic) bond motifs is 1. The molecule has 0 saturated carbocycles. The summed E-state index contributed by atoms with van der Waals surface area (Å²) in [6, 6.07) is 15.4. The van der Waals surface area contributed by atoms with Gasteiger partial charge in [0.2, 0.25) is 0 Å². The van der Waals surface area contributed by atoms with Crippen LogP contribution in [0.25, 0.3) is 22.2 Å². The van der Waals surface area contributed by atoms with Crippen molar-refractivity contribution in [3.05, 3.63) is 59.7 Å². The molecule has 0 amide bonds. The number of carbonyl (C=O) groups is 1. The summed E-state index contributed by atoms with van der Waals surface area (Å²) in [6.07, 6.45) is 3.25. The van der Waals surface area contributed by atoms with Gasteiger partial charge in [0.25, 0.3) is 0 Å². The molecule has 0 saturated heterocycles. The monoisotopic (exact) mass is 329 g/mol. The van der Waals surface area contributed by atoms with Crippen LogP contribution < -0.4 is 5.46 Å². The quantitative estimate of drug-likeness (QED) is 0.528. The molecule has 0 aliphatic carbocycles. The lowest BCUT2D eigenvalue weighted by molar-refractivity contribution is 0.0603. The van der Waals surface area contributed by atoms with Gasteiger partial charge in [-0.15, -0.1) is 0 Å². The van der Waals surface area contributed by atoms with Gasteiger partial charge < -0.3 is 4.74 Å². The van der Waals surface area contributed by atoms with E-state index in [1.165, 1.54) is 12.7 Å². The second-order valence-corrected chi connectivity index (χ2v) is 6.12. The summed E-state index contributed by atoms with van der Waals surface area (Å²) in [5.41, 5.74) is 4.87. The number of rotatable bonds is 5. The van der Waals surface area contributed by atoms with Gasteiger partial charge >= 0.3 is 5.97 Å². The maximum atomic E-state index is 12.3. The summed E-state index contributed by atoms with van der Waals surface area (Å²) in [6.45, 7) is 2.17. The van der Waals surface area contributed by atoms with Gasteiger partial charge in [-0.25, -0.2) is 9.78 Å². The maximum absolute atomic E-state index is 12.3. The van der Waals surface area contributed by atoms with Gasteiger partial charge in [0.05, 0.1) is 23.9 Å². The molecule has 2 aromatic carbocycles. The third-order valence-electron chi connectivity index (χ3n) is 4.30. The molecule has 0 aliphatic rings. The third kappa shape index (κ3) is 3.73. The van der Waals surface area contributed by atoms with Crippen molar-refractivity contribution < 1.29 is 9.53 Å². The Morgan fingerprint density at radius 1 is 1.12 bits per heavy atom. The second kappa shape index (κ2) is 7.52. The summed E-state index contributed by atoms with van der Waals surface area (Å²) in [5.74, 6) is -0.350. The number of aryl methyl sites for hydroxylation is 1. The number of hydrogen-bond donors (Lipinski definition) is 0. The Bertz CT molecular complexity index is 904. The van der Waals surface area contributed by atoms with Crippen molar-refractivity contribution >= 4 is 30.2 Å². The van der Waals surface area contributed by atoms with Gasteiger partial charge in [-0.3, -0.25) is 0 Å². The number of benzene rings is 2. The molecule has 0 aliphatic heterocycles. The molecule has 3 rings (SSSR count). The van der Waals surface area contributed by atoms with Crippen LogP contribution in [0.1, 0.15) is 35.7 Å². The number of aromatic nitrogens is 1. The van der Waals surface area contributed by atoms with Gasteiger partial charge in [-0.2, -0.15) is 0 Å². The maximum Gasteiger partial charge on any atom is 0.338 e. The summed E-state index contributed by atoms with van der Waals surface area (Å²) in [7, 11) is 7.16. The third-order valence-corrected chi connectivity index (χ3v) is 4.30. The van der Waals surface area contributed by atoms with E-state index >= 15 is 0 Å². The number of pyridine rings is 1. The van der Waals surface area contributed by atoms with Crippen LogP contribution in [0.5, 0.6) is 0 Å². The highest BCUT2D eigenvalue weighted by Gasteiger charge is 2.15. The predicted octanol–water partition coefficient (Wildman–Crippen LogP) is 3.82. The molecule has 0 N–H and O–H groups in total. The highest BCUT2D eigenvalue weighted by atomic mass is 16.5. The zero-order chi connectivity index (χ0) is 17.8. The zero-order valence-electron chi connectivity index (χ0n) is 14.6. The van der Waals surface area contributed by atoms with Crippen LogP contribution in [0.2, 0.25) is 0 Å². The van der Waals surface area contributed by atoms with E-state index in [2.05, 4.69) is 19.1 Å². The van der Waals surface area contributed by atoms with Gasteiger partial charge in [0.15, 0.2) is 0 Å². The summed E-state index contributed by atoms with van der Waals surface area (Å²) in [4.78, 5) is 17.0. The van der Waals surface area contributed by atoms with E-state index in [0.29, 0.717) is 11.0 Å². The first-order valence-electron chi connectivity index (χ1n) is 8.50. The Hall–Kier alpha value is -2.62. The lowest BCUT2D eigenvalue weighted by Gasteiger charge is -2.10. The van der Waals surface area contributed by atoms with Gasteiger partial charge in [0.1, 0.15) is 7.85 Å². The number of carbonyl (C=O) groups excluding carboxylic acids is 1. The van der Waals surface area contributed by atoms with Crippen LogP contribution in [0.15, 0.2) is 48.5 Å². The molecule has 0 bridgehead atoms. The van der Waals surface area contributed by atoms with Crippen LogP contribution in [0, 0.1) is 0 Å². The van der Waals surface area contributed by atoms with E-state index in [4.69, 9.17) is 17.6 Å². The molecular formula is C21H20BNO2. The first-order valence-corrected chi connectivity index (χ1v) is 8.50. The standard InChI is InChI=1S/C21H20BNO2/c1-3-4-5-14-6-11-19-17(12-14)18(21(24)25-2)13-20(23-19)15-7-9-16(22)10-8-15/h6-13H,3-5H2,1-2H3. The molecule has 0 fully saturated rings. The molecule has 0 spiro atoms. The molecule has 4 heteroatoms. The normalized spacial score (nSPS) is 10.8. The molecule has 25 heavy (non-hydrogen) atoms. The van der Waals surface area contributed by atoms with Crippen LogP contribution >= 0.6 is 0 Å². The second-order valence-electron chi connectivity index (χ2n) is 6.12. The van der Waals surface area contributed by atoms with Crippen LogP contribution in [-0.2, 0) is 11.2 Å². The molecule has 0 unspecified atom stereocenters. The zero-order valence-corrected chi connectivity index (χ0v) is 14.6. The fraction of sp³-hybridized carbons (Fsp3) is 0.238. The van der Waals surface area contributed by atoms with Crippen LogP contribution in [0.3, 0.4) is 0 Å². The number of esters is 1. The average molecular weight is 329 g/mol. The lowest BCUT2D eigenvalue weighted by Crippen LogP contribution is -2.05. The number of ether oxygens (including phenoxy) is 1. The van der Waals surface area contributed by atoms with Crippen molar-refractivity contribution in [2.45, 2.75) is 26.2 Å². The first-order chi connectivity index (χ1) is 12.1. The van der Waals surface area contributed by atoms with Crippen molar-refractivity contribution in [2.24, 2.45) is 0 Å². The summed E-state index contributed by atoms with van der Waals surface area (Å²) in [5, 5.41) is 0.833. The van der Waals surface area contributed by atoms with E-state index in [0.717, 1.165) is 41.4 Å². The Kier molecular flexibility index (Phi) is 5.18. The Morgan fingerprint density at radius 2 is 1.88 bits per heavy atom. The molecular weight excluding hydrogens is 309 g/mol. The topological polar surface area (TPSA) is 39.2 Å². The Balaban J connectivity index is 2.15. The minimum Gasteiger partial charge on any atom is -0.465 e. The SMILES string of the molecule is [B]c1ccc(-c2cc(C(=O)OC)c3cc(CCCC)ccc3n2)cc1. The van der Waals surface area contributed by atoms with E-state index in [-0.39, 0.29) is 5.97 Å². The molecule has 0 atom stereocenters. The van der Waals surface area contributed by atoms with Gasteiger partial charge in [0, 0.05) is 10.9 Å². The van der Waals surface area contributed by atoms with Crippen LogP contribution in [0.4, 0.5) is 0 Å². The van der Waals surface area contributed by atoms with Crippen molar-refractivity contribution in [3.8, 4) is 11.3 Å².